The van der Waals surface area contributed by atoms with Gasteiger partial charge in [0.25, 0.3) is 11.8 Å². The average molecular weight is 1520 g/mol. The number of hydrogen-bond donors (Lipinski definition) is 1. The van der Waals surface area contributed by atoms with Gasteiger partial charge in [-0.05, 0) is 299 Å². The van der Waals surface area contributed by atoms with Crippen molar-refractivity contribution in [3.05, 3.63) is 182 Å². The quantitative estimate of drug-likeness (QED) is 0.0291. The molecule has 6 aromatic rings. The Morgan fingerprint density at radius 2 is 0.673 bits per heavy atom. The first-order valence-electron chi connectivity index (χ1n) is 39.4. The van der Waals surface area contributed by atoms with Gasteiger partial charge in [-0.25, -0.2) is 22.4 Å². The van der Waals surface area contributed by atoms with Crippen molar-refractivity contribution in [3.63, 3.8) is 0 Å². The van der Waals surface area contributed by atoms with Crippen LogP contribution in [0.25, 0.3) is 0 Å². The number of hydrogen-bond acceptors (Lipinski definition) is 10. The second-order valence-corrected chi connectivity index (χ2v) is 39.3. The topological polar surface area (TPSA) is 135 Å². The van der Waals surface area contributed by atoms with E-state index >= 15 is 0 Å². The zero-order valence-electron chi connectivity index (χ0n) is 62.5. The van der Waals surface area contributed by atoms with E-state index in [4.69, 9.17) is 35.3 Å². The summed E-state index contributed by atoms with van der Waals surface area (Å²) in [6.07, 6.45) is 21.4. The number of rotatable bonds is 18. The number of ether oxygens (including phenoxy) is 5. The van der Waals surface area contributed by atoms with Crippen molar-refractivity contribution < 1.29 is 65.5 Å². The second kappa shape index (κ2) is 31.9. The fourth-order valence-electron chi connectivity index (χ4n) is 23.2. The maximum absolute atomic E-state index is 13.3. The van der Waals surface area contributed by atoms with Crippen LogP contribution in [0.5, 0.6) is 0 Å². The molecule has 572 valence electrons. The van der Waals surface area contributed by atoms with Crippen LogP contribution in [-0.4, -0.2) is 88.9 Å². The first-order valence-corrected chi connectivity index (χ1v) is 42.4. The Labute approximate surface area is 641 Å². The molecule has 22 rings (SSSR count). The summed E-state index contributed by atoms with van der Waals surface area (Å²) in [4.78, 5) is 57.8. The molecular weight excluding hydrogens is 1420 g/mol. The van der Waals surface area contributed by atoms with E-state index in [0.29, 0.717) is 85.9 Å². The zero-order chi connectivity index (χ0) is 75.0. The Hall–Kier alpha value is -6.17. The van der Waals surface area contributed by atoms with Crippen molar-refractivity contribution in [2.24, 2.45) is 81.8 Å². The number of carbonyl (C=O) groups is 4. The lowest BCUT2D eigenvalue weighted by Crippen LogP contribution is -2.60. The lowest BCUT2D eigenvalue weighted by Gasteiger charge is -2.60. The fourth-order valence-corrected chi connectivity index (χ4v) is 27.5. The molecule has 0 aromatic heterocycles. The third-order valence-corrected chi connectivity index (χ3v) is 31.2. The highest BCUT2D eigenvalue weighted by molar-refractivity contribution is 7.97. The van der Waals surface area contributed by atoms with Gasteiger partial charge >= 0.3 is 23.9 Å². The Kier molecular flexibility index (Phi) is 23.1. The Morgan fingerprint density at radius 3 is 0.953 bits per heavy atom. The number of aliphatic hydroxyl groups is 1. The molecule has 4 unspecified atom stereocenters. The van der Waals surface area contributed by atoms with Crippen molar-refractivity contribution in [3.8, 4) is 0 Å². The van der Waals surface area contributed by atoms with E-state index in [1.165, 1.54) is 93.6 Å². The molecule has 107 heavy (non-hydrogen) atoms. The molecule has 0 saturated heterocycles. The highest BCUT2D eigenvalue weighted by atomic mass is 35.5. The summed E-state index contributed by atoms with van der Waals surface area (Å²) in [6, 6.07) is 64.3. The Balaban J connectivity index is 0.000000116. The van der Waals surface area contributed by atoms with Crippen molar-refractivity contribution in [2.45, 2.75) is 233 Å². The minimum Gasteiger partial charge on any atom is -0.459 e. The van der Waals surface area contributed by atoms with E-state index in [1.54, 1.807) is 0 Å². The number of benzene rings is 6. The number of esters is 4. The molecule has 0 heterocycles. The van der Waals surface area contributed by atoms with Crippen LogP contribution >= 0.6 is 11.6 Å². The summed E-state index contributed by atoms with van der Waals surface area (Å²) >= 11 is 5.55. The summed E-state index contributed by atoms with van der Waals surface area (Å²) < 4.78 is 80.4. The molecule has 0 spiro atoms. The molecule has 0 radical (unpaired) electrons. The third-order valence-electron chi connectivity index (χ3n) is 26.5. The summed E-state index contributed by atoms with van der Waals surface area (Å²) in [5.74, 6) is -0.759. The van der Waals surface area contributed by atoms with Crippen LogP contribution in [0.3, 0.4) is 0 Å². The molecule has 0 aliphatic heterocycles. The van der Waals surface area contributed by atoms with Crippen molar-refractivity contribution in [2.75, 3.05) is 25.7 Å². The van der Waals surface area contributed by atoms with Gasteiger partial charge in [0.2, 0.25) is 0 Å². The SMILES string of the molecule is CC(F)(F)COC(=O)C12CC3CC(CC(O)(C3)C1)C2.CC(F)(F)COC(=O)C12CC3CC(CC(OCC(=O)OC4(C)C5CC6CC(C5)CC4C6)(C3)C1)C2.CC1(OC(=O)CCl)C2CC3CC(C2)CC1C3.c1ccc([S+](c2ccccc2)c2ccccc2)cc1.c1ccc([S+](c2ccccc2)c2ccccc2)cc1. The fraction of sp³-hybridized carbons (Fsp3) is 0.556. The lowest BCUT2D eigenvalue weighted by atomic mass is 9.48. The molecule has 6 aromatic carbocycles. The van der Waals surface area contributed by atoms with Crippen LogP contribution in [0, 0.1) is 81.8 Å². The van der Waals surface area contributed by atoms with Crippen molar-refractivity contribution in [1.29, 1.82) is 0 Å². The van der Waals surface area contributed by atoms with E-state index in [0.717, 1.165) is 76.0 Å². The largest absolute Gasteiger partial charge is 0.459 e. The number of halogens is 5. The molecular formula is C90H107ClF4O10S2+2. The van der Waals surface area contributed by atoms with Crippen LogP contribution in [0.1, 0.15) is 169 Å². The van der Waals surface area contributed by atoms with Gasteiger partial charge in [-0.3, -0.25) is 14.4 Å². The molecule has 16 bridgehead atoms. The maximum Gasteiger partial charge on any atom is 0.332 e. The minimum atomic E-state index is -3.04. The van der Waals surface area contributed by atoms with Crippen LogP contribution < -0.4 is 0 Å². The van der Waals surface area contributed by atoms with Crippen molar-refractivity contribution >= 4 is 57.3 Å². The van der Waals surface area contributed by atoms with Gasteiger partial charge < -0.3 is 28.8 Å². The second-order valence-electron chi connectivity index (χ2n) is 35.0. The average Bonchev–Trinajstić information content (AvgIpc) is 0.718. The van der Waals surface area contributed by atoms with Crippen molar-refractivity contribution in [1.82, 2.24) is 0 Å². The van der Waals surface area contributed by atoms with E-state index < -0.39 is 59.0 Å². The van der Waals surface area contributed by atoms with Gasteiger partial charge in [-0.1, -0.05) is 109 Å². The first-order chi connectivity index (χ1) is 51.2. The minimum absolute atomic E-state index is 0.0120. The molecule has 1 N–H and O–H groups in total. The maximum atomic E-state index is 13.3. The van der Waals surface area contributed by atoms with Crippen LogP contribution in [-0.2, 0) is 64.7 Å². The summed E-state index contributed by atoms with van der Waals surface area (Å²) in [5, 5.41) is 10.5. The smallest absolute Gasteiger partial charge is 0.332 e. The zero-order valence-corrected chi connectivity index (χ0v) is 64.9. The van der Waals surface area contributed by atoms with Gasteiger partial charge in [-0.15, -0.1) is 11.6 Å². The van der Waals surface area contributed by atoms with Gasteiger partial charge in [0, 0.05) is 13.8 Å². The highest BCUT2D eigenvalue weighted by Gasteiger charge is 2.65. The Morgan fingerprint density at radius 1 is 0.402 bits per heavy atom. The van der Waals surface area contributed by atoms with Gasteiger partial charge in [0.1, 0.15) is 23.7 Å². The first kappa shape index (κ1) is 77.6. The lowest BCUT2D eigenvalue weighted by molar-refractivity contribution is -0.228. The van der Waals surface area contributed by atoms with E-state index in [9.17, 15) is 41.8 Å². The van der Waals surface area contributed by atoms with Crippen LogP contribution in [0.2, 0.25) is 0 Å². The van der Waals surface area contributed by atoms with E-state index in [-0.39, 0.29) is 57.4 Å². The monoisotopic (exact) mass is 1520 g/mol. The molecule has 17 heteroatoms. The predicted molar refractivity (Wildman–Crippen MR) is 408 cm³/mol. The van der Waals surface area contributed by atoms with Gasteiger partial charge in [-0.2, -0.15) is 0 Å². The summed E-state index contributed by atoms with van der Waals surface area (Å²) in [7, 11) is -0.0293. The standard InChI is InChI=1S/C27H38F2O5.2C18H15S.C14H20F2O3.C13H19ClO2/c1-24(28,29)15-32-23(31)26-9-18-4-19(10-26)12-27(11-18,14-26)33-13-22(30)34-25(2)20-5-16-3-17(7-20)8-21(25)6-16;2*1-4-10-16(11-5-1)19(17-12-6-2-7-13-17)18-14-8-3-9-15-18;1-12(15,16)8-19-11(17)13-3-9-2-10(4-13)6-14(18,5-9)7-13;1-13(16-12(15)7-14)10-3-8-2-9(5-10)6-11(13)4-8/h16-21H,3-15H2,1-2H3;2*1-15H;9-10,18H,2-8H2,1H3;8-11H,2-7H2,1H3/q;2*+1;;. The van der Waals surface area contributed by atoms with Crippen LogP contribution in [0.15, 0.2) is 211 Å². The van der Waals surface area contributed by atoms with Gasteiger partial charge in [0.05, 0.1) is 43.8 Å². The number of alkyl halides is 5. The van der Waals surface area contributed by atoms with E-state index in [1.807, 2.05) is 0 Å². The molecule has 16 aliphatic rings. The summed E-state index contributed by atoms with van der Waals surface area (Å²) in [6.45, 7) is 3.95. The predicted octanol–water partition coefficient (Wildman–Crippen LogP) is 20.4. The number of carbonyl (C=O) groups excluding carboxylic acids is 4. The Bertz CT molecular complexity index is 3610. The molecule has 4 atom stereocenters. The highest BCUT2D eigenvalue weighted by Crippen LogP contribution is 2.66. The van der Waals surface area contributed by atoms with E-state index in [2.05, 4.69) is 196 Å². The van der Waals surface area contributed by atoms with Gasteiger partial charge in [0.15, 0.2) is 42.6 Å². The third kappa shape index (κ3) is 17.8. The molecule has 16 aliphatic carbocycles. The molecule has 10 nitrogen and oxygen atoms in total. The molecule has 0 amide bonds. The molecule has 16 fully saturated rings. The van der Waals surface area contributed by atoms with Crippen LogP contribution in [0.4, 0.5) is 17.6 Å². The summed E-state index contributed by atoms with van der Waals surface area (Å²) in [5.41, 5.74) is -3.37. The normalized spacial score (nSPS) is 34.4. The molecule has 16 saturated carbocycles.